The number of piperidine rings is 1. The van der Waals surface area contributed by atoms with E-state index in [0.29, 0.717) is 17.8 Å². The lowest BCUT2D eigenvalue weighted by Crippen LogP contribution is -2.42. The zero-order chi connectivity index (χ0) is 14.7. The Hall–Kier alpha value is -1.58. The van der Waals surface area contributed by atoms with Crippen molar-refractivity contribution < 1.29 is 9.90 Å². The maximum atomic E-state index is 10.8. The lowest BCUT2D eigenvalue weighted by atomic mass is 9.65. The van der Waals surface area contributed by atoms with Gasteiger partial charge in [0.2, 0.25) is 0 Å². The second-order valence-corrected chi connectivity index (χ2v) is 6.73. The quantitative estimate of drug-likeness (QED) is 0.927. The van der Waals surface area contributed by atoms with Crippen LogP contribution >= 0.6 is 0 Å². The number of aliphatic carboxylic acids is 1. The molecular weight excluding hydrogens is 264 g/mol. The molecule has 2 aliphatic rings. The predicted molar refractivity (Wildman–Crippen MR) is 82.3 cm³/mol. The molecule has 0 amide bonds. The number of carboxylic acid groups (broad SMARTS) is 1. The summed E-state index contributed by atoms with van der Waals surface area (Å²) >= 11 is 0. The SMILES string of the molecule is O=C(O)CC1CCC2(CC1)CCN(c1ccncc1)CC2. The van der Waals surface area contributed by atoms with Crippen molar-refractivity contribution in [1.82, 2.24) is 4.98 Å². The fourth-order valence-corrected chi connectivity index (χ4v) is 4.04. The zero-order valence-electron chi connectivity index (χ0n) is 12.5. The number of anilines is 1. The number of hydrogen-bond acceptors (Lipinski definition) is 3. The van der Waals surface area contributed by atoms with E-state index in [9.17, 15) is 4.79 Å². The smallest absolute Gasteiger partial charge is 0.303 e. The molecule has 1 spiro atoms. The third-order valence-electron chi connectivity index (χ3n) is 5.48. The number of nitrogens with zero attached hydrogens (tertiary/aromatic N) is 2. The summed E-state index contributed by atoms with van der Waals surface area (Å²) in [6, 6.07) is 4.17. The number of hydrogen-bond donors (Lipinski definition) is 1. The van der Waals surface area contributed by atoms with Crippen molar-refractivity contribution in [2.45, 2.75) is 44.9 Å². The molecule has 1 aromatic rings. The molecule has 1 aliphatic heterocycles. The summed E-state index contributed by atoms with van der Waals surface area (Å²) in [5, 5.41) is 8.92. The van der Waals surface area contributed by atoms with Crippen LogP contribution in [0.4, 0.5) is 5.69 Å². The Morgan fingerprint density at radius 2 is 1.81 bits per heavy atom. The molecule has 1 saturated carbocycles. The first-order valence-electron chi connectivity index (χ1n) is 8.04. The van der Waals surface area contributed by atoms with E-state index in [1.807, 2.05) is 12.4 Å². The lowest BCUT2D eigenvalue weighted by Gasteiger charge is -2.46. The number of carbonyl (C=O) groups is 1. The van der Waals surface area contributed by atoms with Gasteiger partial charge in [0.15, 0.2) is 0 Å². The molecule has 0 atom stereocenters. The minimum Gasteiger partial charge on any atom is -0.481 e. The summed E-state index contributed by atoms with van der Waals surface area (Å²) in [5.74, 6) is -0.227. The largest absolute Gasteiger partial charge is 0.481 e. The molecular formula is C17H24N2O2. The molecule has 114 valence electrons. The first-order chi connectivity index (χ1) is 10.2. The van der Waals surface area contributed by atoms with E-state index in [2.05, 4.69) is 22.0 Å². The molecule has 3 rings (SSSR count). The minimum atomic E-state index is -0.636. The molecule has 0 radical (unpaired) electrons. The van der Waals surface area contributed by atoms with Crippen LogP contribution in [0.2, 0.25) is 0 Å². The van der Waals surface area contributed by atoms with Gasteiger partial charge >= 0.3 is 5.97 Å². The standard InChI is InChI=1S/C17H24N2O2/c20-16(21)13-14-1-5-17(6-2-14)7-11-19(12-8-17)15-3-9-18-10-4-15/h3-4,9-10,14H,1-2,5-8,11-13H2,(H,20,21). The van der Waals surface area contributed by atoms with Gasteiger partial charge < -0.3 is 10.0 Å². The summed E-state index contributed by atoms with van der Waals surface area (Å²) < 4.78 is 0. The van der Waals surface area contributed by atoms with Crippen molar-refractivity contribution in [3.05, 3.63) is 24.5 Å². The van der Waals surface area contributed by atoms with Crippen molar-refractivity contribution in [1.29, 1.82) is 0 Å². The van der Waals surface area contributed by atoms with E-state index in [1.165, 1.54) is 31.4 Å². The fourth-order valence-electron chi connectivity index (χ4n) is 4.04. The summed E-state index contributed by atoms with van der Waals surface area (Å²) in [6.45, 7) is 2.24. The Kier molecular flexibility index (Phi) is 4.13. The monoisotopic (exact) mass is 288 g/mol. The molecule has 2 fully saturated rings. The van der Waals surface area contributed by atoms with Gasteiger partial charge in [-0.1, -0.05) is 0 Å². The molecule has 1 aliphatic carbocycles. The van der Waals surface area contributed by atoms with Gasteiger partial charge in [-0.2, -0.15) is 0 Å². The lowest BCUT2D eigenvalue weighted by molar-refractivity contribution is -0.138. The predicted octanol–water partition coefficient (Wildman–Crippen LogP) is 3.33. The summed E-state index contributed by atoms with van der Waals surface area (Å²) in [6.07, 6.45) is 11.2. The van der Waals surface area contributed by atoms with Crippen LogP contribution in [-0.4, -0.2) is 29.1 Å². The third kappa shape index (κ3) is 3.36. The minimum absolute atomic E-state index is 0.360. The summed E-state index contributed by atoms with van der Waals surface area (Å²) in [7, 11) is 0. The van der Waals surface area contributed by atoms with Crippen LogP contribution in [0.3, 0.4) is 0 Å². The van der Waals surface area contributed by atoms with Gasteiger partial charge in [-0.05, 0) is 62.0 Å². The Labute approximate surface area is 126 Å². The van der Waals surface area contributed by atoms with Crippen molar-refractivity contribution in [2.75, 3.05) is 18.0 Å². The van der Waals surface area contributed by atoms with E-state index in [-0.39, 0.29) is 0 Å². The number of rotatable bonds is 3. The summed E-state index contributed by atoms with van der Waals surface area (Å²) in [4.78, 5) is 17.4. The van der Waals surface area contributed by atoms with Gasteiger partial charge in [-0.15, -0.1) is 0 Å². The second kappa shape index (κ2) is 6.04. The third-order valence-corrected chi connectivity index (χ3v) is 5.48. The number of carboxylic acids is 1. The average Bonchev–Trinajstić information content (AvgIpc) is 2.51. The molecule has 4 nitrogen and oxygen atoms in total. The normalized spacial score (nSPS) is 22.4. The highest BCUT2D eigenvalue weighted by Gasteiger charge is 2.38. The van der Waals surface area contributed by atoms with Crippen LogP contribution in [0.25, 0.3) is 0 Å². The Morgan fingerprint density at radius 3 is 2.38 bits per heavy atom. The first kappa shape index (κ1) is 14.4. The molecule has 0 aromatic carbocycles. The van der Waals surface area contributed by atoms with Gasteiger partial charge in [0, 0.05) is 37.6 Å². The Bertz CT molecular complexity index is 471. The second-order valence-electron chi connectivity index (χ2n) is 6.73. The van der Waals surface area contributed by atoms with Gasteiger partial charge in [0.05, 0.1) is 0 Å². The number of pyridine rings is 1. The van der Waals surface area contributed by atoms with Crippen LogP contribution in [0.5, 0.6) is 0 Å². The molecule has 1 saturated heterocycles. The van der Waals surface area contributed by atoms with Crippen molar-refractivity contribution in [2.24, 2.45) is 11.3 Å². The molecule has 0 unspecified atom stereocenters. The van der Waals surface area contributed by atoms with Crippen LogP contribution in [-0.2, 0) is 4.79 Å². The van der Waals surface area contributed by atoms with E-state index >= 15 is 0 Å². The zero-order valence-corrected chi connectivity index (χ0v) is 12.5. The number of aromatic nitrogens is 1. The van der Waals surface area contributed by atoms with Gasteiger partial charge in [0.25, 0.3) is 0 Å². The highest BCUT2D eigenvalue weighted by atomic mass is 16.4. The van der Waals surface area contributed by atoms with Crippen molar-refractivity contribution in [3.63, 3.8) is 0 Å². The summed E-state index contributed by atoms with van der Waals surface area (Å²) in [5.41, 5.74) is 1.76. The first-order valence-corrected chi connectivity index (χ1v) is 8.04. The molecule has 0 bridgehead atoms. The van der Waals surface area contributed by atoms with E-state index < -0.39 is 5.97 Å². The van der Waals surface area contributed by atoms with E-state index in [1.54, 1.807) is 0 Å². The van der Waals surface area contributed by atoms with Crippen LogP contribution in [0.15, 0.2) is 24.5 Å². The maximum Gasteiger partial charge on any atom is 0.303 e. The molecule has 21 heavy (non-hydrogen) atoms. The maximum absolute atomic E-state index is 10.8. The highest BCUT2D eigenvalue weighted by Crippen LogP contribution is 2.47. The van der Waals surface area contributed by atoms with Crippen molar-refractivity contribution in [3.8, 4) is 0 Å². The van der Waals surface area contributed by atoms with Crippen LogP contribution in [0.1, 0.15) is 44.9 Å². The Morgan fingerprint density at radius 1 is 1.19 bits per heavy atom. The molecule has 1 N–H and O–H groups in total. The van der Waals surface area contributed by atoms with Crippen LogP contribution < -0.4 is 4.90 Å². The fraction of sp³-hybridized carbons (Fsp3) is 0.647. The Balaban J connectivity index is 1.53. The van der Waals surface area contributed by atoms with Gasteiger partial charge in [0.1, 0.15) is 0 Å². The molecule has 1 aromatic heterocycles. The highest BCUT2D eigenvalue weighted by molar-refractivity contribution is 5.67. The van der Waals surface area contributed by atoms with E-state index in [0.717, 1.165) is 25.9 Å². The van der Waals surface area contributed by atoms with Gasteiger partial charge in [-0.3, -0.25) is 9.78 Å². The topological polar surface area (TPSA) is 53.4 Å². The van der Waals surface area contributed by atoms with E-state index in [4.69, 9.17) is 5.11 Å². The van der Waals surface area contributed by atoms with Crippen LogP contribution in [0, 0.1) is 11.3 Å². The van der Waals surface area contributed by atoms with Crippen molar-refractivity contribution >= 4 is 11.7 Å². The average molecular weight is 288 g/mol. The van der Waals surface area contributed by atoms with Gasteiger partial charge in [-0.25, -0.2) is 0 Å². The molecule has 2 heterocycles. The molecule has 4 heteroatoms.